The number of nitro benzene ring substituents is 1. The molecule has 0 saturated heterocycles. The summed E-state index contributed by atoms with van der Waals surface area (Å²) in [5.41, 5.74) is 2.66. The second kappa shape index (κ2) is 7.96. The number of nitro groups is 1. The minimum Gasteiger partial charge on any atom is -0.507 e. The van der Waals surface area contributed by atoms with E-state index in [0.717, 1.165) is 10.0 Å². The van der Waals surface area contributed by atoms with Crippen molar-refractivity contribution in [3.63, 3.8) is 0 Å². The number of rotatable bonds is 5. The van der Waals surface area contributed by atoms with Gasteiger partial charge in [-0.1, -0.05) is 0 Å². The molecule has 150 valence electrons. The fourth-order valence-electron chi connectivity index (χ4n) is 2.82. The van der Waals surface area contributed by atoms with E-state index in [1.807, 2.05) is 18.2 Å². The van der Waals surface area contributed by atoms with Crippen LogP contribution >= 0.6 is 15.9 Å². The van der Waals surface area contributed by atoms with Gasteiger partial charge >= 0.3 is 0 Å². The largest absolute Gasteiger partial charge is 0.507 e. The van der Waals surface area contributed by atoms with Crippen LogP contribution in [0.25, 0.3) is 22.6 Å². The Kier molecular flexibility index (Phi) is 5.20. The molecule has 30 heavy (non-hydrogen) atoms. The molecule has 4 rings (SSSR count). The number of benzene rings is 3. The molecule has 0 aliphatic heterocycles. The molecular formula is C21H14BrN3O5. The van der Waals surface area contributed by atoms with E-state index < -0.39 is 4.92 Å². The molecule has 0 bridgehead atoms. The molecule has 0 fully saturated rings. The highest BCUT2D eigenvalue weighted by atomic mass is 79.9. The number of aromatic hydroxyl groups is 1. The van der Waals surface area contributed by atoms with Gasteiger partial charge in [-0.2, -0.15) is 0 Å². The topological polar surface area (TPSA) is 111 Å². The molecule has 8 nitrogen and oxygen atoms in total. The number of hydrogen-bond donors (Lipinski definition) is 1. The Morgan fingerprint density at radius 3 is 2.77 bits per heavy atom. The number of hydrogen-bond acceptors (Lipinski definition) is 7. The standard InChI is InChI=1S/C21H14BrN3O5/c1-29-19-6-2-12(9-16(19)22)21-24-17-10-14(3-7-20(17)30-21)23-11-13-8-15(25(27)28)4-5-18(13)26/h2-11,26H,1H3. The van der Waals surface area contributed by atoms with Crippen molar-refractivity contribution in [3.8, 4) is 23.0 Å². The zero-order valence-corrected chi connectivity index (χ0v) is 17.2. The van der Waals surface area contributed by atoms with Crippen molar-refractivity contribution in [1.82, 2.24) is 4.98 Å². The molecule has 0 radical (unpaired) electrons. The first-order valence-corrected chi connectivity index (χ1v) is 9.50. The molecule has 0 spiro atoms. The number of oxazole rings is 1. The van der Waals surface area contributed by atoms with Crippen molar-refractivity contribution >= 4 is 44.6 Å². The summed E-state index contributed by atoms with van der Waals surface area (Å²) in [4.78, 5) is 19.2. The molecule has 0 saturated carbocycles. The van der Waals surface area contributed by atoms with Crippen LogP contribution in [-0.2, 0) is 0 Å². The molecule has 3 aromatic carbocycles. The van der Waals surface area contributed by atoms with E-state index in [4.69, 9.17) is 9.15 Å². The highest BCUT2D eigenvalue weighted by Crippen LogP contribution is 2.32. The van der Waals surface area contributed by atoms with Gasteiger partial charge in [0.15, 0.2) is 5.58 Å². The Morgan fingerprint density at radius 1 is 1.20 bits per heavy atom. The fourth-order valence-corrected chi connectivity index (χ4v) is 3.36. The SMILES string of the molecule is COc1ccc(-c2nc3cc(N=Cc4cc([N+](=O)[O-])ccc4O)ccc3o2)cc1Br. The number of non-ortho nitro benzene ring substituents is 1. The maximum Gasteiger partial charge on any atom is 0.270 e. The summed E-state index contributed by atoms with van der Waals surface area (Å²) in [6.07, 6.45) is 1.37. The number of ether oxygens (including phenoxy) is 1. The second-order valence-electron chi connectivity index (χ2n) is 6.28. The van der Waals surface area contributed by atoms with Gasteiger partial charge in [0.2, 0.25) is 5.89 Å². The molecule has 1 N–H and O–H groups in total. The molecule has 4 aromatic rings. The third-order valence-corrected chi connectivity index (χ3v) is 4.96. The summed E-state index contributed by atoms with van der Waals surface area (Å²) in [5.74, 6) is 1.06. The Morgan fingerprint density at radius 2 is 2.03 bits per heavy atom. The van der Waals surface area contributed by atoms with Gasteiger partial charge in [-0.15, -0.1) is 0 Å². The number of aromatic nitrogens is 1. The number of phenols is 1. The molecule has 0 atom stereocenters. The van der Waals surface area contributed by atoms with Gasteiger partial charge in [-0.25, -0.2) is 4.98 Å². The van der Waals surface area contributed by atoms with E-state index in [2.05, 4.69) is 25.9 Å². The minimum absolute atomic E-state index is 0.0979. The molecule has 9 heteroatoms. The lowest BCUT2D eigenvalue weighted by Gasteiger charge is -2.03. The third kappa shape index (κ3) is 3.87. The van der Waals surface area contributed by atoms with Gasteiger partial charge < -0.3 is 14.3 Å². The van der Waals surface area contributed by atoms with E-state index >= 15 is 0 Å². The van der Waals surface area contributed by atoms with E-state index in [-0.39, 0.29) is 17.0 Å². The number of halogens is 1. The third-order valence-electron chi connectivity index (χ3n) is 4.34. The first-order valence-electron chi connectivity index (χ1n) is 8.70. The first kappa shape index (κ1) is 19.6. The zero-order chi connectivity index (χ0) is 21.3. The van der Waals surface area contributed by atoms with Crippen molar-refractivity contribution in [2.45, 2.75) is 0 Å². The van der Waals surface area contributed by atoms with Crippen LogP contribution in [0.4, 0.5) is 11.4 Å². The maximum atomic E-state index is 10.9. The van der Waals surface area contributed by atoms with Crippen molar-refractivity contribution in [2.24, 2.45) is 4.99 Å². The molecule has 1 aromatic heterocycles. The van der Waals surface area contributed by atoms with Gasteiger partial charge in [0.25, 0.3) is 5.69 Å². The van der Waals surface area contributed by atoms with E-state index in [1.165, 1.54) is 24.4 Å². The van der Waals surface area contributed by atoms with Crippen molar-refractivity contribution in [1.29, 1.82) is 0 Å². The Bertz CT molecular complexity index is 1300. The lowest BCUT2D eigenvalue weighted by atomic mass is 10.2. The summed E-state index contributed by atoms with van der Waals surface area (Å²) < 4.78 is 11.8. The smallest absolute Gasteiger partial charge is 0.270 e. The second-order valence-corrected chi connectivity index (χ2v) is 7.13. The van der Waals surface area contributed by atoms with Gasteiger partial charge in [-0.05, 0) is 58.4 Å². The van der Waals surface area contributed by atoms with Crippen molar-refractivity contribution < 1.29 is 19.2 Å². The van der Waals surface area contributed by atoms with Crippen LogP contribution in [0.2, 0.25) is 0 Å². The normalized spacial score (nSPS) is 11.3. The first-order chi connectivity index (χ1) is 14.4. The number of aliphatic imine (C=N–C) groups is 1. The van der Waals surface area contributed by atoms with Crippen LogP contribution in [0, 0.1) is 10.1 Å². The lowest BCUT2D eigenvalue weighted by Crippen LogP contribution is -1.90. The number of phenolic OH excluding ortho intramolecular Hbond substituents is 1. The van der Waals surface area contributed by atoms with Gasteiger partial charge in [0.1, 0.15) is 17.0 Å². The van der Waals surface area contributed by atoms with Crippen LogP contribution in [0.1, 0.15) is 5.56 Å². The number of fused-ring (bicyclic) bond motifs is 1. The predicted molar refractivity (Wildman–Crippen MR) is 116 cm³/mol. The molecule has 0 unspecified atom stereocenters. The number of nitrogens with zero attached hydrogens (tertiary/aromatic N) is 3. The Labute approximate surface area is 178 Å². The van der Waals surface area contributed by atoms with Gasteiger partial charge in [0, 0.05) is 29.5 Å². The van der Waals surface area contributed by atoms with Crippen molar-refractivity contribution in [3.05, 3.63) is 74.7 Å². The summed E-state index contributed by atoms with van der Waals surface area (Å²) in [5, 5.41) is 20.8. The summed E-state index contributed by atoms with van der Waals surface area (Å²) in [6, 6.07) is 14.5. The predicted octanol–water partition coefficient (Wildman–Crippen LogP) is 5.63. The highest BCUT2D eigenvalue weighted by Gasteiger charge is 2.12. The summed E-state index contributed by atoms with van der Waals surface area (Å²) in [6.45, 7) is 0. The summed E-state index contributed by atoms with van der Waals surface area (Å²) >= 11 is 3.45. The maximum absolute atomic E-state index is 10.9. The lowest BCUT2D eigenvalue weighted by molar-refractivity contribution is -0.384. The molecule has 0 amide bonds. The van der Waals surface area contributed by atoms with Crippen molar-refractivity contribution in [2.75, 3.05) is 7.11 Å². The summed E-state index contributed by atoms with van der Waals surface area (Å²) in [7, 11) is 1.59. The van der Waals surface area contributed by atoms with E-state index in [1.54, 1.807) is 25.3 Å². The average molecular weight is 468 g/mol. The van der Waals surface area contributed by atoms with Gasteiger partial charge in [-0.3, -0.25) is 15.1 Å². The van der Waals surface area contributed by atoms with Crippen LogP contribution in [0.5, 0.6) is 11.5 Å². The molecular weight excluding hydrogens is 454 g/mol. The quantitative estimate of drug-likeness (QED) is 0.231. The molecule has 0 aliphatic carbocycles. The van der Waals surface area contributed by atoms with Crippen LogP contribution < -0.4 is 4.74 Å². The zero-order valence-electron chi connectivity index (χ0n) is 15.6. The highest BCUT2D eigenvalue weighted by molar-refractivity contribution is 9.10. The average Bonchev–Trinajstić information content (AvgIpc) is 3.16. The minimum atomic E-state index is -0.530. The van der Waals surface area contributed by atoms with Crippen LogP contribution in [-0.4, -0.2) is 28.3 Å². The Hall–Kier alpha value is -3.72. The van der Waals surface area contributed by atoms with Crippen LogP contribution in [0.15, 0.2) is 68.5 Å². The molecule has 0 aliphatic rings. The monoisotopic (exact) mass is 467 g/mol. The van der Waals surface area contributed by atoms with Crippen LogP contribution in [0.3, 0.4) is 0 Å². The van der Waals surface area contributed by atoms with E-state index in [0.29, 0.717) is 28.4 Å². The Balaban J connectivity index is 1.65. The van der Waals surface area contributed by atoms with E-state index in [9.17, 15) is 15.2 Å². The molecule has 1 heterocycles. The van der Waals surface area contributed by atoms with Gasteiger partial charge in [0.05, 0.1) is 22.2 Å². The number of methoxy groups -OCH3 is 1. The fraction of sp³-hybridized carbons (Fsp3) is 0.0476.